The van der Waals surface area contributed by atoms with Gasteiger partial charge >= 0.3 is 5.97 Å². The molecule has 0 spiro atoms. The number of hydrogen-bond acceptors (Lipinski definition) is 2. The molecule has 1 unspecified atom stereocenters. The molecule has 0 bridgehead atoms. The minimum atomic E-state index is -1.06. The molecule has 1 rings (SSSR count). The Morgan fingerprint density at radius 2 is 2.07 bits per heavy atom. The summed E-state index contributed by atoms with van der Waals surface area (Å²) in [4.78, 5) is 22.0. The molecule has 1 atom stereocenters. The molecule has 0 aromatic heterocycles. The van der Waals surface area contributed by atoms with Crippen LogP contribution in [0, 0.1) is 5.92 Å². The highest BCUT2D eigenvalue weighted by Crippen LogP contribution is 2.34. The molecule has 1 saturated carbocycles. The zero-order valence-corrected chi connectivity index (χ0v) is 8.67. The third kappa shape index (κ3) is 2.05. The Bertz CT molecular complexity index is 240. The lowest BCUT2D eigenvalue weighted by Crippen LogP contribution is -2.55. The average Bonchev–Trinajstić information content (AvgIpc) is 2.09. The van der Waals surface area contributed by atoms with E-state index in [9.17, 15) is 9.59 Å². The van der Waals surface area contributed by atoms with E-state index in [4.69, 9.17) is 5.11 Å². The molecule has 2 N–H and O–H groups in total. The van der Waals surface area contributed by atoms with Gasteiger partial charge in [0.25, 0.3) is 0 Å². The standard InChI is InChI=1S/C10H17NO3/c1-3-10(5-4-6-10)11-8(12)7(2)9(13)14/h7H,3-6H2,1-2H3,(H,11,12)(H,13,14). The van der Waals surface area contributed by atoms with E-state index in [0.717, 1.165) is 25.7 Å². The van der Waals surface area contributed by atoms with Crippen LogP contribution in [0.3, 0.4) is 0 Å². The van der Waals surface area contributed by atoms with Crippen molar-refractivity contribution in [3.63, 3.8) is 0 Å². The first kappa shape index (κ1) is 11.0. The van der Waals surface area contributed by atoms with Gasteiger partial charge in [0, 0.05) is 5.54 Å². The Balaban J connectivity index is 2.51. The van der Waals surface area contributed by atoms with Gasteiger partial charge in [-0.2, -0.15) is 0 Å². The maximum Gasteiger partial charge on any atom is 0.315 e. The Labute approximate surface area is 83.7 Å². The number of carboxylic acid groups (broad SMARTS) is 1. The molecule has 1 aliphatic rings. The molecule has 14 heavy (non-hydrogen) atoms. The Morgan fingerprint density at radius 1 is 1.50 bits per heavy atom. The molecule has 0 aliphatic heterocycles. The number of carbonyl (C=O) groups is 2. The lowest BCUT2D eigenvalue weighted by Gasteiger charge is -2.42. The molecule has 0 radical (unpaired) electrons. The average molecular weight is 199 g/mol. The fourth-order valence-corrected chi connectivity index (χ4v) is 1.65. The van der Waals surface area contributed by atoms with Crippen LogP contribution in [-0.2, 0) is 9.59 Å². The number of nitrogens with one attached hydrogen (secondary N) is 1. The first-order chi connectivity index (χ1) is 6.51. The summed E-state index contributed by atoms with van der Waals surface area (Å²) in [5, 5.41) is 11.5. The lowest BCUT2D eigenvalue weighted by molar-refractivity contribution is -0.147. The molecule has 0 aromatic rings. The molecule has 80 valence electrons. The van der Waals surface area contributed by atoms with Crippen molar-refractivity contribution in [2.45, 2.75) is 45.1 Å². The molecule has 4 heteroatoms. The van der Waals surface area contributed by atoms with E-state index >= 15 is 0 Å². The van der Waals surface area contributed by atoms with Gasteiger partial charge in [-0.25, -0.2) is 0 Å². The topological polar surface area (TPSA) is 66.4 Å². The summed E-state index contributed by atoms with van der Waals surface area (Å²) in [7, 11) is 0. The highest BCUT2D eigenvalue weighted by atomic mass is 16.4. The fraction of sp³-hybridized carbons (Fsp3) is 0.800. The number of aliphatic carboxylic acids is 1. The molecule has 4 nitrogen and oxygen atoms in total. The quantitative estimate of drug-likeness (QED) is 0.667. The molecule has 1 fully saturated rings. The van der Waals surface area contributed by atoms with Crippen LogP contribution in [0.5, 0.6) is 0 Å². The molecule has 0 saturated heterocycles. The van der Waals surface area contributed by atoms with Gasteiger partial charge in [-0.05, 0) is 32.6 Å². The summed E-state index contributed by atoms with van der Waals surface area (Å²) in [6.45, 7) is 3.44. The van der Waals surface area contributed by atoms with E-state index in [1.807, 2.05) is 6.92 Å². The summed E-state index contributed by atoms with van der Waals surface area (Å²) in [5.41, 5.74) is -0.110. The molecule has 1 amide bonds. The van der Waals surface area contributed by atoms with Crippen molar-refractivity contribution < 1.29 is 14.7 Å². The maximum atomic E-state index is 11.5. The smallest absolute Gasteiger partial charge is 0.315 e. The molecule has 0 heterocycles. The first-order valence-electron chi connectivity index (χ1n) is 5.05. The summed E-state index contributed by atoms with van der Waals surface area (Å²) in [6, 6.07) is 0. The van der Waals surface area contributed by atoms with Crippen molar-refractivity contribution in [3.05, 3.63) is 0 Å². The minimum absolute atomic E-state index is 0.110. The van der Waals surface area contributed by atoms with Crippen LogP contribution in [-0.4, -0.2) is 22.5 Å². The Morgan fingerprint density at radius 3 is 2.36 bits per heavy atom. The third-order valence-electron chi connectivity index (χ3n) is 3.14. The van der Waals surface area contributed by atoms with E-state index in [1.54, 1.807) is 0 Å². The van der Waals surface area contributed by atoms with Crippen molar-refractivity contribution in [2.24, 2.45) is 5.92 Å². The summed E-state index contributed by atoms with van der Waals surface area (Å²) in [6.07, 6.45) is 3.95. The van der Waals surface area contributed by atoms with Crippen molar-refractivity contribution in [1.29, 1.82) is 0 Å². The van der Waals surface area contributed by atoms with Gasteiger partial charge < -0.3 is 10.4 Å². The molecule has 1 aliphatic carbocycles. The number of carbonyl (C=O) groups excluding carboxylic acids is 1. The van der Waals surface area contributed by atoms with Gasteiger partial charge in [-0.1, -0.05) is 6.92 Å². The van der Waals surface area contributed by atoms with Gasteiger partial charge in [0.2, 0.25) is 5.91 Å². The van der Waals surface area contributed by atoms with Crippen molar-refractivity contribution in [3.8, 4) is 0 Å². The maximum absolute atomic E-state index is 11.5. The lowest BCUT2D eigenvalue weighted by atomic mass is 9.74. The molecule has 0 aromatic carbocycles. The van der Waals surface area contributed by atoms with Crippen LogP contribution in [0.2, 0.25) is 0 Å². The highest BCUT2D eigenvalue weighted by molar-refractivity contribution is 5.96. The van der Waals surface area contributed by atoms with Crippen molar-refractivity contribution in [1.82, 2.24) is 5.32 Å². The van der Waals surface area contributed by atoms with Crippen LogP contribution < -0.4 is 5.32 Å². The van der Waals surface area contributed by atoms with E-state index in [-0.39, 0.29) is 11.4 Å². The van der Waals surface area contributed by atoms with Crippen LogP contribution >= 0.6 is 0 Å². The Hall–Kier alpha value is -1.06. The van der Waals surface area contributed by atoms with Gasteiger partial charge in [-0.3, -0.25) is 9.59 Å². The van der Waals surface area contributed by atoms with E-state index in [1.165, 1.54) is 6.92 Å². The highest BCUT2D eigenvalue weighted by Gasteiger charge is 2.38. The Kier molecular flexibility index (Phi) is 3.13. The minimum Gasteiger partial charge on any atom is -0.481 e. The van der Waals surface area contributed by atoms with Crippen LogP contribution in [0.15, 0.2) is 0 Å². The zero-order chi connectivity index (χ0) is 10.8. The zero-order valence-electron chi connectivity index (χ0n) is 8.67. The van der Waals surface area contributed by atoms with Crippen LogP contribution in [0.4, 0.5) is 0 Å². The SMILES string of the molecule is CCC1(NC(=O)C(C)C(=O)O)CCC1. The predicted molar refractivity (Wildman–Crippen MR) is 51.8 cm³/mol. The summed E-state index contributed by atoms with van der Waals surface area (Å²) in [5.74, 6) is -2.37. The largest absolute Gasteiger partial charge is 0.481 e. The normalized spacial score (nSPS) is 20.7. The molecular weight excluding hydrogens is 182 g/mol. The van der Waals surface area contributed by atoms with E-state index in [2.05, 4.69) is 5.32 Å². The van der Waals surface area contributed by atoms with Crippen LogP contribution in [0.1, 0.15) is 39.5 Å². The number of hydrogen-bond donors (Lipinski definition) is 2. The second kappa shape index (κ2) is 3.98. The second-order valence-corrected chi connectivity index (χ2v) is 4.04. The summed E-state index contributed by atoms with van der Waals surface area (Å²) < 4.78 is 0. The van der Waals surface area contributed by atoms with Gasteiger partial charge in [0.1, 0.15) is 5.92 Å². The van der Waals surface area contributed by atoms with E-state index in [0.29, 0.717) is 0 Å². The monoisotopic (exact) mass is 199 g/mol. The summed E-state index contributed by atoms with van der Waals surface area (Å²) >= 11 is 0. The van der Waals surface area contributed by atoms with E-state index < -0.39 is 11.9 Å². The third-order valence-corrected chi connectivity index (χ3v) is 3.14. The van der Waals surface area contributed by atoms with Gasteiger partial charge in [-0.15, -0.1) is 0 Å². The van der Waals surface area contributed by atoms with Gasteiger partial charge in [0.15, 0.2) is 0 Å². The van der Waals surface area contributed by atoms with Crippen LogP contribution in [0.25, 0.3) is 0 Å². The predicted octanol–water partition coefficient (Wildman–Crippen LogP) is 1.16. The number of rotatable bonds is 4. The second-order valence-electron chi connectivity index (χ2n) is 4.04. The molecular formula is C10H17NO3. The first-order valence-corrected chi connectivity index (χ1v) is 5.05. The number of carboxylic acids is 1. The van der Waals surface area contributed by atoms with Crippen molar-refractivity contribution >= 4 is 11.9 Å². The fourth-order valence-electron chi connectivity index (χ4n) is 1.65. The number of amides is 1. The van der Waals surface area contributed by atoms with Crippen molar-refractivity contribution in [2.75, 3.05) is 0 Å². The van der Waals surface area contributed by atoms with Gasteiger partial charge in [0.05, 0.1) is 0 Å².